The van der Waals surface area contributed by atoms with Gasteiger partial charge in [-0.3, -0.25) is 4.79 Å². The number of urea groups is 1. The van der Waals surface area contributed by atoms with E-state index in [1.807, 2.05) is 0 Å². The van der Waals surface area contributed by atoms with E-state index in [4.69, 9.17) is 10.4 Å². The summed E-state index contributed by atoms with van der Waals surface area (Å²) in [6.07, 6.45) is 0.849. The van der Waals surface area contributed by atoms with Crippen LogP contribution in [-0.2, 0) is 4.79 Å². The molecule has 1 saturated heterocycles. The zero-order valence-corrected chi connectivity index (χ0v) is 10.8. The van der Waals surface area contributed by atoms with E-state index in [0.717, 1.165) is 6.42 Å². The number of nitrogens with zero attached hydrogens (tertiary/aromatic N) is 3. The van der Waals surface area contributed by atoms with E-state index >= 15 is 0 Å². The monoisotopic (exact) mass is 253 g/mol. The highest BCUT2D eigenvalue weighted by Crippen LogP contribution is 2.20. The fraction of sp³-hybridized carbons (Fsp3) is 0.750. The number of hydrogen-bond donors (Lipinski definition) is 1. The van der Waals surface area contributed by atoms with Crippen LogP contribution in [0.4, 0.5) is 4.79 Å². The molecule has 1 N–H and O–H groups in total. The van der Waals surface area contributed by atoms with Crippen LogP contribution < -0.4 is 0 Å². The predicted molar refractivity (Wildman–Crippen MR) is 64.7 cm³/mol. The minimum atomic E-state index is -0.819. The van der Waals surface area contributed by atoms with Crippen LogP contribution in [0.2, 0.25) is 0 Å². The molecule has 2 atom stereocenters. The summed E-state index contributed by atoms with van der Waals surface area (Å²) in [6.45, 7) is 3.26. The van der Waals surface area contributed by atoms with Crippen LogP contribution in [-0.4, -0.2) is 53.6 Å². The fourth-order valence-electron chi connectivity index (χ4n) is 2.19. The Morgan fingerprint density at radius 2 is 2.28 bits per heavy atom. The summed E-state index contributed by atoms with van der Waals surface area (Å²) in [5.74, 6) is -0.967. The standard InChI is InChI=1S/C12H19N3O3/c1-9(6-13)7-14(2)12(18)15-4-3-10(8-15)5-11(16)17/h9-10H,3-5,7-8H2,1-2H3,(H,16,17). The Balaban J connectivity index is 2.44. The van der Waals surface area contributed by atoms with Gasteiger partial charge >= 0.3 is 12.0 Å². The smallest absolute Gasteiger partial charge is 0.319 e. The largest absolute Gasteiger partial charge is 0.481 e. The van der Waals surface area contributed by atoms with Crippen molar-refractivity contribution in [3.8, 4) is 6.07 Å². The van der Waals surface area contributed by atoms with Crippen LogP contribution in [0.3, 0.4) is 0 Å². The van der Waals surface area contributed by atoms with Gasteiger partial charge in [0.05, 0.1) is 12.0 Å². The lowest BCUT2D eigenvalue weighted by Crippen LogP contribution is -2.41. The number of carboxylic acids is 1. The van der Waals surface area contributed by atoms with Crippen molar-refractivity contribution in [1.82, 2.24) is 9.80 Å². The molecule has 0 bridgehead atoms. The molecule has 0 aliphatic carbocycles. The number of nitriles is 1. The van der Waals surface area contributed by atoms with Gasteiger partial charge in [-0.2, -0.15) is 5.26 Å². The van der Waals surface area contributed by atoms with E-state index in [0.29, 0.717) is 19.6 Å². The van der Waals surface area contributed by atoms with Crippen molar-refractivity contribution in [2.45, 2.75) is 19.8 Å². The molecular weight excluding hydrogens is 234 g/mol. The summed E-state index contributed by atoms with van der Waals surface area (Å²) < 4.78 is 0. The van der Waals surface area contributed by atoms with Gasteiger partial charge in [-0.15, -0.1) is 0 Å². The first-order valence-corrected chi connectivity index (χ1v) is 6.05. The maximum atomic E-state index is 12.0. The Kier molecular flexibility index (Phi) is 4.95. The van der Waals surface area contributed by atoms with Gasteiger partial charge in [-0.05, 0) is 19.3 Å². The molecule has 0 radical (unpaired) electrons. The van der Waals surface area contributed by atoms with Crippen molar-refractivity contribution in [3.63, 3.8) is 0 Å². The number of hydrogen-bond acceptors (Lipinski definition) is 3. The van der Waals surface area contributed by atoms with E-state index in [1.165, 1.54) is 4.90 Å². The van der Waals surface area contributed by atoms with Crippen molar-refractivity contribution in [2.75, 3.05) is 26.7 Å². The lowest BCUT2D eigenvalue weighted by molar-refractivity contribution is -0.138. The average Bonchev–Trinajstić information content (AvgIpc) is 2.75. The van der Waals surface area contributed by atoms with Crippen LogP contribution in [0.15, 0.2) is 0 Å². The molecule has 100 valence electrons. The van der Waals surface area contributed by atoms with Gasteiger partial charge < -0.3 is 14.9 Å². The molecule has 1 aliphatic heterocycles. The molecule has 2 amide bonds. The van der Waals surface area contributed by atoms with Gasteiger partial charge in [-0.25, -0.2) is 4.79 Å². The molecule has 2 unspecified atom stereocenters. The number of carbonyl (C=O) groups excluding carboxylic acids is 1. The van der Waals surface area contributed by atoms with Crippen LogP contribution in [0.1, 0.15) is 19.8 Å². The Hall–Kier alpha value is -1.77. The zero-order valence-electron chi connectivity index (χ0n) is 10.8. The second kappa shape index (κ2) is 6.24. The number of aliphatic carboxylic acids is 1. The maximum Gasteiger partial charge on any atom is 0.319 e. The summed E-state index contributed by atoms with van der Waals surface area (Å²) in [6, 6.07) is 1.97. The maximum absolute atomic E-state index is 12.0. The molecule has 1 rings (SSSR count). The molecule has 1 aliphatic rings. The average molecular weight is 253 g/mol. The number of amides is 2. The number of rotatable bonds is 4. The lowest BCUT2D eigenvalue weighted by Gasteiger charge is -2.25. The predicted octanol–water partition coefficient (Wildman–Crippen LogP) is 0.994. The summed E-state index contributed by atoms with van der Waals surface area (Å²) in [4.78, 5) is 25.8. The first-order valence-electron chi connectivity index (χ1n) is 6.05. The van der Waals surface area contributed by atoms with E-state index < -0.39 is 5.97 Å². The van der Waals surface area contributed by atoms with Crippen LogP contribution >= 0.6 is 0 Å². The summed E-state index contributed by atoms with van der Waals surface area (Å²) in [5, 5.41) is 17.4. The molecule has 0 aromatic rings. The van der Waals surface area contributed by atoms with Gasteiger partial charge in [0, 0.05) is 33.1 Å². The van der Waals surface area contributed by atoms with Crippen molar-refractivity contribution in [1.29, 1.82) is 5.26 Å². The molecular formula is C12H19N3O3. The summed E-state index contributed by atoms with van der Waals surface area (Å²) >= 11 is 0. The Labute approximate surface area is 107 Å². The zero-order chi connectivity index (χ0) is 13.7. The number of likely N-dealkylation sites (tertiary alicyclic amines) is 1. The summed E-state index contributed by atoms with van der Waals surface area (Å²) in [7, 11) is 1.67. The van der Waals surface area contributed by atoms with Crippen LogP contribution in [0.25, 0.3) is 0 Å². The van der Waals surface area contributed by atoms with Crippen molar-refractivity contribution >= 4 is 12.0 Å². The van der Waals surface area contributed by atoms with Crippen LogP contribution in [0.5, 0.6) is 0 Å². The van der Waals surface area contributed by atoms with E-state index in [9.17, 15) is 9.59 Å². The van der Waals surface area contributed by atoms with Gasteiger partial charge in [-0.1, -0.05) is 0 Å². The van der Waals surface area contributed by atoms with Gasteiger partial charge in [0.1, 0.15) is 0 Å². The third-order valence-corrected chi connectivity index (χ3v) is 3.11. The molecule has 0 aromatic heterocycles. The quantitative estimate of drug-likeness (QED) is 0.809. The van der Waals surface area contributed by atoms with Gasteiger partial charge in [0.15, 0.2) is 0 Å². The molecule has 6 heteroatoms. The normalized spacial score (nSPS) is 20.3. The Morgan fingerprint density at radius 3 is 2.83 bits per heavy atom. The van der Waals surface area contributed by atoms with E-state index in [1.54, 1.807) is 18.9 Å². The molecule has 1 fully saturated rings. The SMILES string of the molecule is CC(C#N)CN(C)C(=O)N1CCC(CC(=O)O)C1. The Bertz CT molecular complexity index is 364. The highest BCUT2D eigenvalue weighted by molar-refractivity contribution is 5.74. The molecule has 6 nitrogen and oxygen atoms in total. The first-order chi connectivity index (χ1) is 8.43. The second-order valence-electron chi connectivity index (χ2n) is 4.89. The topological polar surface area (TPSA) is 84.6 Å². The third kappa shape index (κ3) is 3.91. The van der Waals surface area contributed by atoms with Crippen LogP contribution in [0, 0.1) is 23.2 Å². The number of carbonyl (C=O) groups is 2. The van der Waals surface area contributed by atoms with E-state index in [-0.39, 0.29) is 24.3 Å². The van der Waals surface area contributed by atoms with Gasteiger partial charge in [0.2, 0.25) is 0 Å². The molecule has 0 saturated carbocycles. The minimum absolute atomic E-state index is 0.0493. The van der Waals surface area contributed by atoms with Gasteiger partial charge in [0.25, 0.3) is 0 Å². The summed E-state index contributed by atoms with van der Waals surface area (Å²) in [5.41, 5.74) is 0. The minimum Gasteiger partial charge on any atom is -0.481 e. The molecule has 1 heterocycles. The second-order valence-corrected chi connectivity index (χ2v) is 4.89. The molecule has 0 aromatic carbocycles. The lowest BCUT2D eigenvalue weighted by atomic mass is 10.1. The third-order valence-electron chi connectivity index (χ3n) is 3.11. The first kappa shape index (κ1) is 14.3. The fourth-order valence-corrected chi connectivity index (χ4v) is 2.19. The number of carboxylic acid groups (broad SMARTS) is 1. The van der Waals surface area contributed by atoms with Crippen molar-refractivity contribution < 1.29 is 14.7 Å². The highest BCUT2D eigenvalue weighted by atomic mass is 16.4. The highest BCUT2D eigenvalue weighted by Gasteiger charge is 2.29. The van der Waals surface area contributed by atoms with E-state index in [2.05, 4.69) is 6.07 Å². The van der Waals surface area contributed by atoms with Crippen molar-refractivity contribution in [3.05, 3.63) is 0 Å². The van der Waals surface area contributed by atoms with Crippen molar-refractivity contribution in [2.24, 2.45) is 11.8 Å². The Morgan fingerprint density at radius 1 is 1.61 bits per heavy atom. The molecule has 0 spiro atoms. The molecule has 18 heavy (non-hydrogen) atoms.